The second kappa shape index (κ2) is 14.0. The van der Waals surface area contributed by atoms with E-state index in [9.17, 15) is 19.5 Å². The Morgan fingerprint density at radius 2 is 1.74 bits per heavy atom. The van der Waals surface area contributed by atoms with E-state index in [1.807, 2.05) is 50.2 Å². The molecule has 0 saturated carbocycles. The first-order valence-electron chi connectivity index (χ1n) is 13.6. The molecule has 2 unspecified atom stereocenters. The minimum atomic E-state index is -1.24. The van der Waals surface area contributed by atoms with Crippen molar-refractivity contribution in [3.8, 4) is 0 Å². The Labute approximate surface area is 230 Å². The van der Waals surface area contributed by atoms with Crippen LogP contribution in [0.5, 0.6) is 0 Å². The van der Waals surface area contributed by atoms with Gasteiger partial charge in [0.2, 0.25) is 18.0 Å². The number of nitrogens with one attached hydrogen (secondary N) is 2. The molecule has 1 aliphatic heterocycles. The molecule has 210 valence electrons. The summed E-state index contributed by atoms with van der Waals surface area (Å²) in [6, 6.07) is 12.0. The maximum Gasteiger partial charge on any atom is 0.272 e. The smallest absolute Gasteiger partial charge is 0.272 e. The number of likely N-dealkylation sites (N-methyl/N-ethyl adjacent to an activating group) is 1. The van der Waals surface area contributed by atoms with Gasteiger partial charge in [0.1, 0.15) is 12.1 Å². The van der Waals surface area contributed by atoms with Crippen molar-refractivity contribution in [2.24, 2.45) is 10.9 Å². The highest BCUT2D eigenvalue weighted by molar-refractivity contribution is 6.19. The highest BCUT2D eigenvalue weighted by Gasteiger charge is 2.34. The number of amides is 3. The molecule has 1 aromatic heterocycles. The monoisotopic (exact) mass is 536 g/mol. The number of anilines is 1. The van der Waals surface area contributed by atoms with Crippen LogP contribution in [-0.4, -0.2) is 82.9 Å². The number of para-hydroxylation sites is 1. The summed E-state index contributed by atoms with van der Waals surface area (Å²) in [5, 5.41) is 15.4. The van der Waals surface area contributed by atoms with E-state index in [4.69, 9.17) is 4.99 Å². The molecule has 0 bridgehead atoms. The molecule has 10 nitrogen and oxygen atoms in total. The molecular formula is C29H40N6O4. The van der Waals surface area contributed by atoms with E-state index < -0.39 is 30.1 Å². The Hall–Kier alpha value is -3.63. The van der Waals surface area contributed by atoms with Gasteiger partial charge in [0, 0.05) is 24.8 Å². The number of benzodiazepines with no additional fused rings is 1. The van der Waals surface area contributed by atoms with E-state index in [1.54, 1.807) is 17.2 Å². The predicted octanol–water partition coefficient (Wildman–Crippen LogP) is 1.96. The van der Waals surface area contributed by atoms with Crippen molar-refractivity contribution >= 4 is 29.1 Å². The van der Waals surface area contributed by atoms with Crippen molar-refractivity contribution in [1.29, 1.82) is 0 Å². The fourth-order valence-corrected chi connectivity index (χ4v) is 4.43. The Morgan fingerprint density at radius 3 is 2.38 bits per heavy atom. The summed E-state index contributed by atoms with van der Waals surface area (Å²) in [6.45, 7) is 12.2. The van der Waals surface area contributed by atoms with Gasteiger partial charge in [-0.3, -0.25) is 19.4 Å². The van der Waals surface area contributed by atoms with Crippen molar-refractivity contribution in [3.63, 3.8) is 0 Å². The van der Waals surface area contributed by atoms with Crippen molar-refractivity contribution in [3.05, 3.63) is 59.9 Å². The van der Waals surface area contributed by atoms with Crippen molar-refractivity contribution in [1.82, 2.24) is 20.5 Å². The quantitative estimate of drug-likeness (QED) is 0.381. The fourth-order valence-electron chi connectivity index (χ4n) is 4.43. The van der Waals surface area contributed by atoms with Crippen LogP contribution in [0.4, 0.5) is 5.69 Å². The maximum absolute atomic E-state index is 13.9. The summed E-state index contributed by atoms with van der Waals surface area (Å²) in [7, 11) is 0. The Bertz CT molecular complexity index is 1170. The molecule has 3 rings (SSSR count). The first kappa shape index (κ1) is 29.9. The van der Waals surface area contributed by atoms with E-state index >= 15 is 0 Å². The molecule has 1 aromatic carbocycles. The number of carbonyl (C=O) groups is 3. The molecule has 0 radical (unpaired) electrons. The van der Waals surface area contributed by atoms with Crippen molar-refractivity contribution < 1.29 is 19.5 Å². The average Bonchev–Trinajstić information content (AvgIpc) is 3.04. The largest absolute Gasteiger partial charge is 0.383 e. The number of benzene rings is 1. The number of aliphatic hydroxyl groups excluding tert-OH is 1. The standard InChI is InChI=1S/C29H40N6O4/c1-6-34(7-2)16-17-35-23-14-9-8-12-21(23)25(22-13-10-11-15-30-22)32-26(29(35)39)33-27(37)20(5)31-28(38)24(36)18-19(3)4/h8-15,19-20,24,26,36H,6-7,16-18H2,1-5H3,(H,31,38)(H,33,37)/t20-,24?,26?/m0/s1. The molecule has 39 heavy (non-hydrogen) atoms. The summed E-state index contributed by atoms with van der Waals surface area (Å²) >= 11 is 0. The molecule has 3 N–H and O–H groups in total. The van der Waals surface area contributed by atoms with Gasteiger partial charge in [-0.15, -0.1) is 0 Å². The van der Waals surface area contributed by atoms with E-state index in [0.717, 1.165) is 18.7 Å². The number of rotatable bonds is 12. The molecule has 0 aliphatic carbocycles. The molecule has 3 atom stereocenters. The average molecular weight is 537 g/mol. The summed E-state index contributed by atoms with van der Waals surface area (Å²) in [5.41, 5.74) is 2.48. The third-order valence-electron chi connectivity index (χ3n) is 6.68. The number of pyridine rings is 1. The lowest BCUT2D eigenvalue weighted by atomic mass is 10.0. The van der Waals surface area contributed by atoms with Gasteiger partial charge in [-0.2, -0.15) is 0 Å². The zero-order valence-corrected chi connectivity index (χ0v) is 23.4. The lowest BCUT2D eigenvalue weighted by molar-refractivity contribution is -0.135. The van der Waals surface area contributed by atoms with Gasteiger partial charge in [0.25, 0.3) is 5.91 Å². The molecule has 10 heteroatoms. The summed E-state index contributed by atoms with van der Waals surface area (Å²) < 4.78 is 0. The number of aromatic nitrogens is 1. The van der Waals surface area contributed by atoms with Gasteiger partial charge in [-0.25, -0.2) is 4.99 Å². The normalized spacial score (nSPS) is 16.8. The highest BCUT2D eigenvalue weighted by Crippen LogP contribution is 2.27. The van der Waals surface area contributed by atoms with Crippen molar-refractivity contribution in [2.45, 2.75) is 59.4 Å². The number of hydrogen-bond acceptors (Lipinski definition) is 7. The van der Waals surface area contributed by atoms with Crippen LogP contribution in [0.1, 0.15) is 52.3 Å². The topological polar surface area (TPSA) is 127 Å². The van der Waals surface area contributed by atoms with E-state index in [0.29, 0.717) is 30.2 Å². The molecule has 2 aromatic rings. The van der Waals surface area contributed by atoms with Crippen LogP contribution in [0.2, 0.25) is 0 Å². The molecular weight excluding hydrogens is 496 g/mol. The number of aliphatic imine (C=N–C) groups is 1. The van der Waals surface area contributed by atoms with Gasteiger partial charge in [-0.05, 0) is 50.6 Å². The Balaban J connectivity index is 1.94. The van der Waals surface area contributed by atoms with Gasteiger partial charge in [-0.1, -0.05) is 52.0 Å². The van der Waals surface area contributed by atoms with Gasteiger partial charge in [0.05, 0.1) is 17.1 Å². The molecule has 0 spiro atoms. The van der Waals surface area contributed by atoms with Crippen LogP contribution in [0.3, 0.4) is 0 Å². The molecule has 2 heterocycles. The van der Waals surface area contributed by atoms with Gasteiger partial charge >= 0.3 is 0 Å². The predicted molar refractivity (Wildman–Crippen MR) is 151 cm³/mol. The minimum absolute atomic E-state index is 0.113. The lowest BCUT2D eigenvalue weighted by Gasteiger charge is -2.28. The highest BCUT2D eigenvalue weighted by atomic mass is 16.3. The van der Waals surface area contributed by atoms with Crippen LogP contribution >= 0.6 is 0 Å². The SMILES string of the molecule is CCN(CC)CCN1C(=O)C(NC(=O)[C@H](C)NC(=O)C(O)CC(C)C)N=C(c2ccccn2)c2ccccc21. The third kappa shape index (κ3) is 7.70. The number of aliphatic hydroxyl groups is 1. The Morgan fingerprint density at radius 1 is 1.05 bits per heavy atom. The molecule has 0 fully saturated rings. The first-order valence-corrected chi connectivity index (χ1v) is 13.6. The fraction of sp³-hybridized carbons (Fsp3) is 0.483. The van der Waals surface area contributed by atoms with Crippen LogP contribution in [-0.2, 0) is 14.4 Å². The number of fused-ring (bicyclic) bond motifs is 1. The molecule has 1 aliphatic rings. The zero-order chi connectivity index (χ0) is 28.5. The second-order valence-corrected chi connectivity index (χ2v) is 10.0. The van der Waals surface area contributed by atoms with Crippen LogP contribution in [0.15, 0.2) is 53.7 Å². The third-order valence-corrected chi connectivity index (χ3v) is 6.68. The Kier molecular flexibility index (Phi) is 10.7. The molecule has 0 saturated heterocycles. The zero-order valence-electron chi connectivity index (χ0n) is 23.4. The summed E-state index contributed by atoms with van der Waals surface area (Å²) in [6.07, 6.45) is -0.533. The minimum Gasteiger partial charge on any atom is -0.383 e. The van der Waals surface area contributed by atoms with Crippen LogP contribution in [0.25, 0.3) is 0 Å². The van der Waals surface area contributed by atoms with Crippen molar-refractivity contribution in [2.75, 3.05) is 31.1 Å². The van der Waals surface area contributed by atoms with E-state index in [-0.39, 0.29) is 18.2 Å². The second-order valence-electron chi connectivity index (χ2n) is 10.0. The van der Waals surface area contributed by atoms with E-state index in [2.05, 4.69) is 34.4 Å². The van der Waals surface area contributed by atoms with Crippen LogP contribution in [0, 0.1) is 5.92 Å². The number of nitrogens with zero attached hydrogens (tertiary/aromatic N) is 4. The number of hydrogen-bond donors (Lipinski definition) is 3. The van der Waals surface area contributed by atoms with Crippen LogP contribution < -0.4 is 15.5 Å². The van der Waals surface area contributed by atoms with Gasteiger partial charge < -0.3 is 25.5 Å². The molecule has 3 amide bonds. The lowest BCUT2D eigenvalue weighted by Crippen LogP contribution is -2.54. The number of carbonyl (C=O) groups excluding carboxylic acids is 3. The van der Waals surface area contributed by atoms with E-state index in [1.165, 1.54) is 6.92 Å². The first-order chi connectivity index (χ1) is 18.7. The summed E-state index contributed by atoms with van der Waals surface area (Å²) in [4.78, 5) is 52.5. The van der Waals surface area contributed by atoms with Gasteiger partial charge in [0.15, 0.2) is 0 Å². The maximum atomic E-state index is 13.9. The summed E-state index contributed by atoms with van der Waals surface area (Å²) in [5.74, 6) is -1.49.